The number of quaternary nitrogens is 1. The largest absolute Gasteiger partial charge is 1.00 e. The Labute approximate surface area is 162 Å². The Morgan fingerprint density at radius 1 is 0.760 bits per heavy atom. The number of carbonyl (C=O) groups is 1. The molecule has 0 atom stereocenters. The van der Waals surface area contributed by atoms with Crippen molar-refractivity contribution >= 4 is 5.97 Å². The van der Waals surface area contributed by atoms with Gasteiger partial charge < -0.3 is 26.4 Å². The first kappa shape index (κ1) is 26.9. The molecule has 0 aliphatic heterocycles. The van der Waals surface area contributed by atoms with Crippen LogP contribution in [0.5, 0.6) is 0 Å². The van der Waals surface area contributed by atoms with Gasteiger partial charge >= 0.3 is 5.97 Å². The Balaban J connectivity index is 0. The molecule has 0 amide bonds. The summed E-state index contributed by atoms with van der Waals surface area (Å²) in [4.78, 5) is 10.6. The predicted molar refractivity (Wildman–Crippen MR) is 101 cm³/mol. The van der Waals surface area contributed by atoms with Crippen LogP contribution < -0.4 is 12.4 Å². The van der Waals surface area contributed by atoms with Crippen molar-refractivity contribution in [2.45, 2.75) is 78.1 Å². The SMILES string of the molecule is CCCCCCCCCCCC[N+](C)(C)CCOCCOC(C)=O.[Cl-]. The zero-order valence-electron chi connectivity index (χ0n) is 17.2. The molecule has 25 heavy (non-hydrogen) atoms. The van der Waals surface area contributed by atoms with E-state index in [1.54, 1.807) is 0 Å². The second kappa shape index (κ2) is 18.5. The van der Waals surface area contributed by atoms with Crippen LogP contribution in [-0.4, -0.2) is 57.5 Å². The van der Waals surface area contributed by atoms with Crippen LogP contribution in [0.15, 0.2) is 0 Å². The number of nitrogens with zero attached hydrogens (tertiary/aromatic N) is 1. The number of likely N-dealkylation sites (N-methyl/N-ethyl adjacent to an activating group) is 1. The summed E-state index contributed by atoms with van der Waals surface area (Å²) in [7, 11) is 4.53. The molecule has 0 saturated carbocycles. The summed E-state index contributed by atoms with van der Waals surface area (Å²) in [5, 5.41) is 0. The first-order chi connectivity index (χ1) is 11.5. The van der Waals surface area contributed by atoms with E-state index in [0.29, 0.717) is 13.2 Å². The molecule has 0 radical (unpaired) electrons. The highest BCUT2D eigenvalue weighted by Crippen LogP contribution is 2.11. The van der Waals surface area contributed by atoms with Gasteiger partial charge in [0.2, 0.25) is 0 Å². The van der Waals surface area contributed by atoms with Gasteiger partial charge in [-0.15, -0.1) is 0 Å². The summed E-state index contributed by atoms with van der Waals surface area (Å²) in [6.07, 6.45) is 13.9. The molecule has 4 nitrogen and oxygen atoms in total. The highest BCUT2D eigenvalue weighted by Gasteiger charge is 2.13. The zero-order chi connectivity index (χ0) is 18.1. The fourth-order valence-electron chi connectivity index (χ4n) is 2.80. The number of rotatable bonds is 17. The molecule has 0 aliphatic carbocycles. The Bertz CT molecular complexity index is 299. The molecule has 0 N–H and O–H groups in total. The van der Waals surface area contributed by atoms with E-state index in [0.717, 1.165) is 17.6 Å². The van der Waals surface area contributed by atoms with Gasteiger partial charge in [0.15, 0.2) is 0 Å². The van der Waals surface area contributed by atoms with Gasteiger partial charge in [-0.05, 0) is 12.8 Å². The molecule has 0 aliphatic rings. The Kier molecular flexibility index (Phi) is 19.9. The van der Waals surface area contributed by atoms with E-state index in [4.69, 9.17) is 9.47 Å². The van der Waals surface area contributed by atoms with Crippen LogP contribution in [-0.2, 0) is 14.3 Å². The lowest BCUT2D eigenvalue weighted by Gasteiger charge is -2.29. The van der Waals surface area contributed by atoms with Crippen molar-refractivity contribution < 1.29 is 31.2 Å². The van der Waals surface area contributed by atoms with Gasteiger partial charge in [-0.3, -0.25) is 4.79 Å². The standard InChI is InChI=1S/C20H42NO3.ClH/c1-5-6-7-8-9-10-11-12-13-14-15-21(3,4)16-17-23-18-19-24-20(2)22;/h5-19H2,1-4H3;1H/q+1;/p-1. The van der Waals surface area contributed by atoms with Gasteiger partial charge in [0.05, 0.1) is 33.9 Å². The summed E-state index contributed by atoms with van der Waals surface area (Å²) in [5.41, 5.74) is 0. The van der Waals surface area contributed by atoms with Gasteiger partial charge in [-0.25, -0.2) is 0 Å². The summed E-state index contributed by atoms with van der Waals surface area (Å²) >= 11 is 0. The lowest BCUT2D eigenvalue weighted by atomic mass is 10.1. The fraction of sp³-hybridized carbons (Fsp3) is 0.950. The van der Waals surface area contributed by atoms with E-state index in [1.807, 2.05) is 0 Å². The molecule has 0 rings (SSSR count). The van der Waals surface area contributed by atoms with E-state index < -0.39 is 0 Å². The molecule has 0 bridgehead atoms. The Hall–Kier alpha value is -0.320. The molecule has 0 saturated heterocycles. The predicted octanol–water partition coefficient (Wildman–Crippen LogP) is 1.57. The van der Waals surface area contributed by atoms with Crippen LogP contribution in [0.4, 0.5) is 0 Å². The van der Waals surface area contributed by atoms with Gasteiger partial charge in [0, 0.05) is 6.92 Å². The average Bonchev–Trinajstić information content (AvgIpc) is 2.52. The minimum atomic E-state index is -0.240. The molecule has 0 aromatic heterocycles. The number of ether oxygens (including phenoxy) is 2. The molecule has 0 fully saturated rings. The topological polar surface area (TPSA) is 35.5 Å². The van der Waals surface area contributed by atoms with Gasteiger partial charge in [0.1, 0.15) is 13.2 Å². The molecule has 0 spiro atoms. The molecule has 0 aromatic carbocycles. The fourth-order valence-corrected chi connectivity index (χ4v) is 2.80. The molecule has 5 heteroatoms. The third kappa shape index (κ3) is 21.6. The van der Waals surface area contributed by atoms with Gasteiger partial charge in [-0.2, -0.15) is 0 Å². The van der Waals surface area contributed by atoms with Crippen LogP contribution in [0, 0.1) is 0 Å². The zero-order valence-corrected chi connectivity index (χ0v) is 17.9. The minimum Gasteiger partial charge on any atom is -1.00 e. The lowest BCUT2D eigenvalue weighted by molar-refractivity contribution is -0.891. The first-order valence-electron chi connectivity index (χ1n) is 10.0. The second-order valence-electron chi connectivity index (χ2n) is 7.52. The summed E-state index contributed by atoms with van der Waals surface area (Å²) in [6.45, 7) is 7.51. The van der Waals surface area contributed by atoms with E-state index in [1.165, 1.54) is 77.7 Å². The van der Waals surface area contributed by atoms with Crippen molar-refractivity contribution in [2.24, 2.45) is 0 Å². The van der Waals surface area contributed by atoms with Crippen molar-refractivity contribution in [2.75, 3.05) is 47.0 Å². The smallest absolute Gasteiger partial charge is 0.302 e. The number of hydrogen-bond donors (Lipinski definition) is 0. The molecule has 0 heterocycles. The van der Waals surface area contributed by atoms with Crippen molar-refractivity contribution in [3.63, 3.8) is 0 Å². The highest BCUT2D eigenvalue weighted by atomic mass is 35.5. The summed E-state index contributed by atoms with van der Waals surface area (Å²) < 4.78 is 11.4. The van der Waals surface area contributed by atoms with Crippen LogP contribution in [0.25, 0.3) is 0 Å². The molecule has 0 aromatic rings. The van der Waals surface area contributed by atoms with E-state index in [2.05, 4.69) is 21.0 Å². The van der Waals surface area contributed by atoms with E-state index in [-0.39, 0.29) is 18.4 Å². The van der Waals surface area contributed by atoms with Gasteiger partial charge in [-0.1, -0.05) is 58.3 Å². The Morgan fingerprint density at radius 2 is 1.28 bits per heavy atom. The molecular formula is C20H42ClNO3. The first-order valence-corrected chi connectivity index (χ1v) is 10.0. The van der Waals surface area contributed by atoms with Crippen molar-refractivity contribution in [3.8, 4) is 0 Å². The summed E-state index contributed by atoms with van der Waals surface area (Å²) in [6, 6.07) is 0. The Morgan fingerprint density at radius 3 is 1.80 bits per heavy atom. The normalized spacial score (nSPS) is 11.2. The van der Waals surface area contributed by atoms with Crippen molar-refractivity contribution in [3.05, 3.63) is 0 Å². The third-order valence-corrected chi connectivity index (χ3v) is 4.49. The monoisotopic (exact) mass is 379 g/mol. The second-order valence-corrected chi connectivity index (χ2v) is 7.52. The maximum Gasteiger partial charge on any atom is 0.302 e. The number of unbranched alkanes of at least 4 members (excludes halogenated alkanes) is 9. The number of esters is 1. The average molecular weight is 380 g/mol. The highest BCUT2D eigenvalue weighted by molar-refractivity contribution is 5.65. The maximum atomic E-state index is 10.6. The number of hydrogen-bond acceptors (Lipinski definition) is 3. The minimum absolute atomic E-state index is 0. The van der Waals surface area contributed by atoms with Crippen LogP contribution >= 0.6 is 0 Å². The maximum absolute atomic E-state index is 10.6. The van der Waals surface area contributed by atoms with Crippen molar-refractivity contribution in [1.29, 1.82) is 0 Å². The molecular weight excluding hydrogens is 338 g/mol. The van der Waals surface area contributed by atoms with Crippen LogP contribution in [0.3, 0.4) is 0 Å². The molecule has 152 valence electrons. The molecule has 0 unspecified atom stereocenters. The number of halogens is 1. The quantitative estimate of drug-likeness (QED) is 0.218. The third-order valence-electron chi connectivity index (χ3n) is 4.49. The van der Waals surface area contributed by atoms with E-state index >= 15 is 0 Å². The lowest BCUT2D eigenvalue weighted by Crippen LogP contribution is -3.00. The van der Waals surface area contributed by atoms with Gasteiger partial charge in [0.25, 0.3) is 0 Å². The van der Waals surface area contributed by atoms with Crippen LogP contribution in [0.2, 0.25) is 0 Å². The number of carbonyl (C=O) groups excluding carboxylic acids is 1. The van der Waals surface area contributed by atoms with Crippen molar-refractivity contribution in [1.82, 2.24) is 0 Å². The van der Waals surface area contributed by atoms with E-state index in [9.17, 15) is 4.79 Å². The van der Waals surface area contributed by atoms with Crippen LogP contribution in [0.1, 0.15) is 78.1 Å². The summed E-state index contributed by atoms with van der Waals surface area (Å²) in [5.74, 6) is -0.240.